The number of allylic oxidation sites excluding steroid dienone is 4. The van der Waals surface area contributed by atoms with Gasteiger partial charge in [0.15, 0.2) is 0 Å². The van der Waals surface area contributed by atoms with Gasteiger partial charge in [-0.05, 0) is 57.5 Å². The fourth-order valence-corrected chi connectivity index (χ4v) is 2.20. The number of anilines is 1. The van der Waals surface area contributed by atoms with Crippen molar-refractivity contribution in [3.63, 3.8) is 0 Å². The molecule has 0 radical (unpaired) electrons. The van der Waals surface area contributed by atoms with Crippen LogP contribution in [0.15, 0.2) is 53.6 Å². The minimum Gasteiger partial charge on any atom is -0.352 e. The third-order valence-corrected chi connectivity index (χ3v) is 3.54. The van der Waals surface area contributed by atoms with E-state index in [1.165, 1.54) is 19.9 Å². The van der Waals surface area contributed by atoms with E-state index in [0.29, 0.717) is 17.8 Å². The van der Waals surface area contributed by atoms with Gasteiger partial charge in [0.05, 0.1) is 5.57 Å². The first-order valence-corrected chi connectivity index (χ1v) is 8.28. The summed E-state index contributed by atoms with van der Waals surface area (Å²) in [6.07, 6.45) is -2.96. The quantitative estimate of drug-likeness (QED) is 0.555. The highest BCUT2D eigenvalue weighted by molar-refractivity contribution is 6.04. The Morgan fingerprint density at radius 3 is 2.33 bits per heavy atom. The van der Waals surface area contributed by atoms with Gasteiger partial charge in [-0.15, -0.1) is 0 Å². The van der Waals surface area contributed by atoms with Crippen molar-refractivity contribution in [2.75, 3.05) is 11.9 Å². The fourth-order valence-electron chi connectivity index (χ4n) is 2.20. The van der Waals surface area contributed by atoms with Crippen molar-refractivity contribution >= 4 is 17.5 Å². The molecule has 0 atom stereocenters. The molecule has 1 rings (SSSR count). The van der Waals surface area contributed by atoms with E-state index in [2.05, 4.69) is 17.2 Å². The lowest BCUT2D eigenvalue weighted by Crippen LogP contribution is -2.24. The molecular formula is C20H23F3N2O2. The van der Waals surface area contributed by atoms with Crippen LogP contribution in [0.4, 0.5) is 18.9 Å². The maximum Gasteiger partial charge on any atom is 0.416 e. The Morgan fingerprint density at radius 2 is 1.81 bits per heavy atom. The third-order valence-electron chi connectivity index (χ3n) is 3.54. The Balaban J connectivity index is 3.09. The van der Waals surface area contributed by atoms with Crippen molar-refractivity contribution in [1.82, 2.24) is 5.32 Å². The summed E-state index contributed by atoms with van der Waals surface area (Å²) >= 11 is 0. The molecule has 0 aliphatic heterocycles. The van der Waals surface area contributed by atoms with Gasteiger partial charge in [-0.3, -0.25) is 9.59 Å². The Hall–Kier alpha value is -2.83. The molecular weight excluding hydrogens is 357 g/mol. The average molecular weight is 380 g/mol. The third kappa shape index (κ3) is 6.77. The van der Waals surface area contributed by atoms with Crippen molar-refractivity contribution in [2.24, 2.45) is 0 Å². The van der Waals surface area contributed by atoms with Gasteiger partial charge in [-0.1, -0.05) is 18.2 Å². The Labute approximate surface area is 156 Å². The van der Waals surface area contributed by atoms with Gasteiger partial charge in [0.1, 0.15) is 0 Å². The normalized spacial score (nSPS) is 12.6. The van der Waals surface area contributed by atoms with Crippen LogP contribution >= 0.6 is 0 Å². The van der Waals surface area contributed by atoms with E-state index in [0.717, 1.165) is 17.7 Å². The maximum absolute atomic E-state index is 13.1. The number of halogens is 3. The van der Waals surface area contributed by atoms with Gasteiger partial charge in [0.25, 0.3) is 11.8 Å². The molecule has 2 amide bonds. The molecule has 0 heterocycles. The van der Waals surface area contributed by atoms with Gasteiger partial charge in [-0.25, -0.2) is 0 Å². The van der Waals surface area contributed by atoms with Crippen LogP contribution in [0, 0.1) is 6.92 Å². The summed E-state index contributed by atoms with van der Waals surface area (Å²) < 4.78 is 39.2. The lowest BCUT2D eigenvalue weighted by molar-refractivity contribution is -0.112. The molecule has 0 aromatic heterocycles. The van der Waals surface area contributed by atoms with Crippen LogP contribution in [0.5, 0.6) is 0 Å². The van der Waals surface area contributed by atoms with E-state index in [4.69, 9.17) is 0 Å². The first-order chi connectivity index (χ1) is 12.5. The topological polar surface area (TPSA) is 58.2 Å². The lowest BCUT2D eigenvalue weighted by atomic mass is 10.1. The van der Waals surface area contributed by atoms with Gasteiger partial charge in [0.2, 0.25) is 0 Å². The second-order valence-electron chi connectivity index (χ2n) is 6.11. The van der Waals surface area contributed by atoms with E-state index >= 15 is 0 Å². The Morgan fingerprint density at radius 1 is 1.19 bits per heavy atom. The van der Waals surface area contributed by atoms with Gasteiger partial charge in [-0.2, -0.15) is 13.2 Å². The molecule has 27 heavy (non-hydrogen) atoms. The summed E-state index contributed by atoms with van der Waals surface area (Å²) in [6.45, 7) is 10.1. The standard InChI is InChI=1S/C20H23F3N2O2/c1-6-24-19(27)17-11-16(8-7-13(17)4)25-18(26)14(5)10-15(9-12(2)3)20(21,22)23/h7-11H,2,6H2,1,3-5H3,(H,24,27)(H,25,26). The highest BCUT2D eigenvalue weighted by atomic mass is 19.4. The minimum atomic E-state index is -4.60. The predicted octanol–water partition coefficient (Wildman–Crippen LogP) is 4.69. The number of hydrogen-bond acceptors (Lipinski definition) is 2. The van der Waals surface area contributed by atoms with Crippen LogP contribution in [-0.4, -0.2) is 24.5 Å². The van der Waals surface area contributed by atoms with Crippen LogP contribution in [0.2, 0.25) is 0 Å². The summed E-state index contributed by atoms with van der Waals surface area (Å²) in [7, 11) is 0. The van der Waals surface area contributed by atoms with Crippen LogP contribution < -0.4 is 10.6 Å². The summed E-state index contributed by atoms with van der Waals surface area (Å²) in [4.78, 5) is 24.3. The lowest BCUT2D eigenvalue weighted by Gasteiger charge is -2.12. The zero-order valence-electron chi connectivity index (χ0n) is 15.8. The monoisotopic (exact) mass is 380 g/mol. The van der Waals surface area contributed by atoms with Crippen molar-refractivity contribution in [3.8, 4) is 0 Å². The minimum absolute atomic E-state index is 0.125. The second kappa shape index (κ2) is 9.21. The average Bonchev–Trinajstić information content (AvgIpc) is 2.54. The summed E-state index contributed by atoms with van der Waals surface area (Å²) in [5.41, 5.74) is 0.549. The zero-order valence-corrected chi connectivity index (χ0v) is 15.8. The molecule has 0 spiro atoms. The molecule has 1 aromatic carbocycles. The molecule has 146 valence electrons. The predicted molar refractivity (Wildman–Crippen MR) is 101 cm³/mol. The van der Waals surface area contributed by atoms with Gasteiger partial charge < -0.3 is 10.6 Å². The molecule has 0 saturated carbocycles. The van der Waals surface area contributed by atoms with Crippen LogP contribution in [0.25, 0.3) is 0 Å². The number of alkyl halides is 3. The van der Waals surface area contributed by atoms with Crippen molar-refractivity contribution < 1.29 is 22.8 Å². The SMILES string of the molecule is C=C(C)C=C(C=C(C)C(=O)Nc1ccc(C)c(C(=O)NCC)c1)C(F)(F)F. The molecule has 0 aliphatic carbocycles. The molecule has 0 fully saturated rings. The van der Waals surface area contributed by atoms with E-state index in [1.807, 2.05) is 0 Å². The molecule has 0 aliphatic rings. The molecule has 4 nitrogen and oxygen atoms in total. The fraction of sp³-hybridized carbons (Fsp3) is 0.300. The number of carbonyl (C=O) groups is 2. The smallest absolute Gasteiger partial charge is 0.352 e. The van der Waals surface area contributed by atoms with Gasteiger partial charge in [0, 0.05) is 23.4 Å². The number of rotatable bonds is 6. The second-order valence-corrected chi connectivity index (χ2v) is 6.11. The number of aryl methyl sites for hydroxylation is 1. The highest BCUT2D eigenvalue weighted by Gasteiger charge is 2.32. The molecule has 0 unspecified atom stereocenters. The van der Waals surface area contributed by atoms with E-state index in [9.17, 15) is 22.8 Å². The number of carbonyl (C=O) groups excluding carboxylic acids is 2. The summed E-state index contributed by atoms with van der Waals surface area (Å²) in [5.74, 6) is -0.986. The zero-order chi connectivity index (χ0) is 20.8. The Bertz CT molecular complexity index is 806. The first kappa shape index (κ1) is 22.2. The van der Waals surface area contributed by atoms with Crippen molar-refractivity contribution in [1.29, 1.82) is 0 Å². The van der Waals surface area contributed by atoms with Crippen LogP contribution in [0.1, 0.15) is 36.7 Å². The maximum atomic E-state index is 13.1. The molecule has 7 heteroatoms. The Kier molecular flexibility index (Phi) is 7.57. The van der Waals surface area contributed by atoms with Crippen molar-refractivity contribution in [2.45, 2.75) is 33.9 Å². The molecule has 2 N–H and O–H groups in total. The number of amides is 2. The summed E-state index contributed by atoms with van der Waals surface area (Å²) in [5, 5.41) is 5.18. The molecule has 0 saturated heterocycles. The van der Waals surface area contributed by atoms with Crippen LogP contribution in [0.3, 0.4) is 0 Å². The van der Waals surface area contributed by atoms with E-state index < -0.39 is 17.7 Å². The van der Waals surface area contributed by atoms with E-state index in [-0.39, 0.29) is 17.1 Å². The summed E-state index contributed by atoms with van der Waals surface area (Å²) in [6, 6.07) is 4.72. The first-order valence-electron chi connectivity index (χ1n) is 8.28. The van der Waals surface area contributed by atoms with E-state index in [1.54, 1.807) is 26.0 Å². The number of hydrogen-bond donors (Lipinski definition) is 2. The number of benzene rings is 1. The van der Waals surface area contributed by atoms with Crippen molar-refractivity contribution in [3.05, 3.63) is 64.8 Å². The highest BCUT2D eigenvalue weighted by Crippen LogP contribution is 2.28. The molecule has 1 aromatic rings. The van der Waals surface area contributed by atoms with Crippen LogP contribution in [-0.2, 0) is 4.79 Å². The largest absolute Gasteiger partial charge is 0.416 e. The number of nitrogens with one attached hydrogen (secondary N) is 2. The molecule has 0 bridgehead atoms. The van der Waals surface area contributed by atoms with Gasteiger partial charge >= 0.3 is 6.18 Å².